The van der Waals surface area contributed by atoms with Crippen molar-refractivity contribution in [2.45, 2.75) is 26.2 Å². The molecular weight excluding hydrogens is 280 g/mol. The standard InChI is InChI=1S/C17H18N2O3/c1-11-4-6-13(15-16(11)21-9-17(15,2)3)22-14-7-5-12(8-18-14)19-10-20/h4-8,10H,9H2,1-3H3,(H,19,20). The van der Waals surface area contributed by atoms with E-state index in [0.717, 1.165) is 22.6 Å². The van der Waals surface area contributed by atoms with Crippen LogP contribution in [0, 0.1) is 6.92 Å². The van der Waals surface area contributed by atoms with E-state index in [1.807, 2.05) is 19.1 Å². The molecule has 114 valence electrons. The molecule has 0 radical (unpaired) electrons. The van der Waals surface area contributed by atoms with Crippen molar-refractivity contribution < 1.29 is 14.3 Å². The summed E-state index contributed by atoms with van der Waals surface area (Å²) in [5.74, 6) is 2.14. The van der Waals surface area contributed by atoms with Gasteiger partial charge in [0.25, 0.3) is 0 Å². The number of carbonyl (C=O) groups is 1. The zero-order chi connectivity index (χ0) is 15.7. The topological polar surface area (TPSA) is 60.5 Å². The Bertz CT molecular complexity index is 709. The number of ether oxygens (including phenoxy) is 2. The summed E-state index contributed by atoms with van der Waals surface area (Å²) in [6.45, 7) is 6.94. The number of anilines is 1. The molecular formula is C17H18N2O3. The van der Waals surface area contributed by atoms with Gasteiger partial charge in [0.15, 0.2) is 0 Å². The predicted molar refractivity (Wildman–Crippen MR) is 83.7 cm³/mol. The van der Waals surface area contributed by atoms with Gasteiger partial charge in [0.05, 0.1) is 18.5 Å². The second-order valence-electron chi connectivity index (χ2n) is 6.01. The number of amides is 1. The Balaban J connectivity index is 1.93. The van der Waals surface area contributed by atoms with Gasteiger partial charge in [-0.05, 0) is 24.6 Å². The molecule has 1 amide bonds. The molecule has 5 heteroatoms. The molecule has 1 aliphatic rings. The zero-order valence-electron chi connectivity index (χ0n) is 12.8. The molecule has 0 saturated carbocycles. The van der Waals surface area contributed by atoms with E-state index in [9.17, 15) is 4.79 Å². The highest BCUT2D eigenvalue weighted by Crippen LogP contribution is 2.46. The number of aromatic nitrogens is 1. The third-order valence-corrected chi connectivity index (χ3v) is 3.75. The molecule has 2 aromatic rings. The minimum absolute atomic E-state index is 0.101. The van der Waals surface area contributed by atoms with Crippen LogP contribution in [-0.2, 0) is 10.2 Å². The summed E-state index contributed by atoms with van der Waals surface area (Å²) in [6, 6.07) is 7.40. The van der Waals surface area contributed by atoms with Crippen LogP contribution >= 0.6 is 0 Å². The number of rotatable bonds is 4. The van der Waals surface area contributed by atoms with Crippen LogP contribution in [0.1, 0.15) is 25.0 Å². The summed E-state index contributed by atoms with van der Waals surface area (Å²) in [6.07, 6.45) is 2.17. The maximum absolute atomic E-state index is 10.4. The number of nitrogens with zero attached hydrogens (tertiary/aromatic N) is 1. The van der Waals surface area contributed by atoms with E-state index < -0.39 is 0 Å². The Morgan fingerprint density at radius 1 is 1.32 bits per heavy atom. The Hall–Kier alpha value is -2.56. The van der Waals surface area contributed by atoms with Crippen molar-refractivity contribution in [2.75, 3.05) is 11.9 Å². The van der Waals surface area contributed by atoms with Crippen LogP contribution in [-0.4, -0.2) is 18.0 Å². The maximum Gasteiger partial charge on any atom is 0.219 e. The smallest absolute Gasteiger partial charge is 0.219 e. The molecule has 1 aromatic heterocycles. The molecule has 1 aromatic carbocycles. The van der Waals surface area contributed by atoms with E-state index in [4.69, 9.17) is 9.47 Å². The minimum atomic E-state index is -0.101. The summed E-state index contributed by atoms with van der Waals surface area (Å²) >= 11 is 0. The normalized spacial score (nSPS) is 14.9. The highest BCUT2D eigenvalue weighted by molar-refractivity contribution is 5.70. The van der Waals surface area contributed by atoms with Gasteiger partial charge in [-0.1, -0.05) is 19.9 Å². The third kappa shape index (κ3) is 2.50. The quantitative estimate of drug-likeness (QED) is 0.879. The SMILES string of the molecule is Cc1ccc(Oc2ccc(NC=O)cn2)c2c1OCC2(C)C. The van der Waals surface area contributed by atoms with Crippen LogP contribution in [0.15, 0.2) is 30.5 Å². The summed E-state index contributed by atoms with van der Waals surface area (Å²) in [4.78, 5) is 14.6. The number of aryl methyl sites for hydroxylation is 1. The zero-order valence-corrected chi connectivity index (χ0v) is 12.8. The first-order chi connectivity index (χ1) is 10.5. The van der Waals surface area contributed by atoms with Gasteiger partial charge in [-0.2, -0.15) is 0 Å². The van der Waals surface area contributed by atoms with Gasteiger partial charge in [0.2, 0.25) is 12.3 Å². The minimum Gasteiger partial charge on any atom is -0.492 e. The fourth-order valence-electron chi connectivity index (χ4n) is 2.61. The van der Waals surface area contributed by atoms with Gasteiger partial charge >= 0.3 is 0 Å². The largest absolute Gasteiger partial charge is 0.492 e. The van der Waals surface area contributed by atoms with E-state index in [1.165, 1.54) is 0 Å². The lowest BCUT2D eigenvalue weighted by molar-refractivity contribution is -0.105. The lowest BCUT2D eigenvalue weighted by atomic mass is 9.85. The van der Waals surface area contributed by atoms with Gasteiger partial charge in [0, 0.05) is 17.0 Å². The van der Waals surface area contributed by atoms with Crippen molar-refractivity contribution >= 4 is 12.1 Å². The van der Waals surface area contributed by atoms with E-state index in [1.54, 1.807) is 18.3 Å². The van der Waals surface area contributed by atoms with Gasteiger partial charge in [0.1, 0.15) is 11.5 Å². The number of pyridine rings is 1. The number of hydrogen-bond donors (Lipinski definition) is 1. The first-order valence-electron chi connectivity index (χ1n) is 7.12. The first-order valence-corrected chi connectivity index (χ1v) is 7.12. The maximum atomic E-state index is 10.4. The molecule has 0 saturated heterocycles. The van der Waals surface area contributed by atoms with Crippen molar-refractivity contribution in [3.8, 4) is 17.4 Å². The van der Waals surface area contributed by atoms with Crippen molar-refractivity contribution in [1.29, 1.82) is 0 Å². The number of fused-ring (bicyclic) bond motifs is 1. The van der Waals surface area contributed by atoms with Crippen molar-refractivity contribution in [3.63, 3.8) is 0 Å². The van der Waals surface area contributed by atoms with Crippen molar-refractivity contribution in [1.82, 2.24) is 4.98 Å². The number of benzene rings is 1. The highest BCUT2D eigenvalue weighted by atomic mass is 16.5. The molecule has 5 nitrogen and oxygen atoms in total. The molecule has 0 bridgehead atoms. The fourth-order valence-corrected chi connectivity index (χ4v) is 2.61. The Morgan fingerprint density at radius 3 is 2.82 bits per heavy atom. The van der Waals surface area contributed by atoms with E-state index in [-0.39, 0.29) is 5.41 Å². The van der Waals surface area contributed by atoms with Crippen molar-refractivity contribution in [2.24, 2.45) is 0 Å². The Kier molecular flexibility index (Phi) is 3.48. The van der Waals surface area contributed by atoms with Crippen LogP contribution < -0.4 is 14.8 Å². The molecule has 1 aliphatic heterocycles. The average molecular weight is 298 g/mol. The molecule has 0 unspecified atom stereocenters. The lowest BCUT2D eigenvalue weighted by Crippen LogP contribution is -2.19. The van der Waals surface area contributed by atoms with Gasteiger partial charge in [-0.25, -0.2) is 4.98 Å². The number of nitrogens with one attached hydrogen (secondary N) is 1. The average Bonchev–Trinajstić information content (AvgIpc) is 2.81. The molecule has 0 atom stereocenters. The molecule has 22 heavy (non-hydrogen) atoms. The van der Waals surface area contributed by atoms with Crippen molar-refractivity contribution in [3.05, 3.63) is 41.6 Å². The summed E-state index contributed by atoms with van der Waals surface area (Å²) in [7, 11) is 0. The van der Waals surface area contributed by atoms with Gasteiger partial charge < -0.3 is 14.8 Å². The van der Waals surface area contributed by atoms with E-state index >= 15 is 0 Å². The second kappa shape index (κ2) is 5.33. The van der Waals surface area contributed by atoms with E-state index in [0.29, 0.717) is 24.6 Å². The summed E-state index contributed by atoms with van der Waals surface area (Å²) in [5.41, 5.74) is 2.70. The fraction of sp³-hybridized carbons (Fsp3) is 0.294. The Labute approximate surface area is 129 Å². The molecule has 2 heterocycles. The predicted octanol–water partition coefficient (Wildman–Crippen LogP) is 3.42. The first kappa shape index (κ1) is 14.4. The monoisotopic (exact) mass is 298 g/mol. The number of carbonyl (C=O) groups excluding carboxylic acids is 1. The highest BCUT2D eigenvalue weighted by Gasteiger charge is 2.36. The molecule has 0 fully saturated rings. The number of hydrogen-bond acceptors (Lipinski definition) is 4. The van der Waals surface area contributed by atoms with Crippen LogP contribution in [0.25, 0.3) is 0 Å². The molecule has 3 rings (SSSR count). The molecule has 1 N–H and O–H groups in total. The summed E-state index contributed by atoms with van der Waals surface area (Å²) < 4.78 is 11.8. The van der Waals surface area contributed by atoms with Gasteiger partial charge in [-0.15, -0.1) is 0 Å². The Morgan fingerprint density at radius 2 is 2.14 bits per heavy atom. The van der Waals surface area contributed by atoms with Crippen LogP contribution in [0.3, 0.4) is 0 Å². The molecule has 0 aliphatic carbocycles. The van der Waals surface area contributed by atoms with Crippen LogP contribution in [0.2, 0.25) is 0 Å². The molecule has 0 spiro atoms. The van der Waals surface area contributed by atoms with E-state index in [2.05, 4.69) is 24.1 Å². The lowest BCUT2D eigenvalue weighted by Gasteiger charge is -2.19. The van der Waals surface area contributed by atoms with Crippen LogP contribution in [0.5, 0.6) is 17.4 Å². The van der Waals surface area contributed by atoms with Crippen LogP contribution in [0.4, 0.5) is 5.69 Å². The van der Waals surface area contributed by atoms with Gasteiger partial charge in [-0.3, -0.25) is 4.79 Å². The second-order valence-corrected chi connectivity index (χ2v) is 6.01. The summed E-state index contributed by atoms with van der Waals surface area (Å²) in [5, 5.41) is 2.54. The third-order valence-electron chi connectivity index (χ3n) is 3.75.